The van der Waals surface area contributed by atoms with Crippen LogP contribution in [0.3, 0.4) is 0 Å². The van der Waals surface area contributed by atoms with Crippen LogP contribution in [0.15, 0.2) is 48.5 Å². The molecule has 0 saturated carbocycles. The third-order valence-electron chi connectivity index (χ3n) is 4.39. The number of hydrogen-bond acceptors (Lipinski definition) is 1. The molecule has 2 aromatic rings. The van der Waals surface area contributed by atoms with Crippen molar-refractivity contribution in [3.8, 4) is 0 Å². The summed E-state index contributed by atoms with van der Waals surface area (Å²) in [6, 6.07) is 17.6. The summed E-state index contributed by atoms with van der Waals surface area (Å²) in [5.41, 5.74) is 4.40. The van der Waals surface area contributed by atoms with Crippen molar-refractivity contribution in [2.24, 2.45) is 5.92 Å². The topological polar surface area (TPSA) is 12.0 Å². The minimum Gasteiger partial charge on any atom is -0.316 e. The van der Waals surface area contributed by atoms with Crippen LogP contribution in [0.5, 0.6) is 0 Å². The first-order chi connectivity index (χ1) is 9.76. The smallest absolute Gasteiger partial charge is 0.0406 e. The Morgan fingerprint density at radius 2 is 1.65 bits per heavy atom. The molecule has 3 rings (SSSR count). The third-order valence-corrected chi connectivity index (χ3v) is 4.64. The average molecular weight is 286 g/mol. The van der Waals surface area contributed by atoms with Gasteiger partial charge in [0.25, 0.3) is 0 Å². The van der Waals surface area contributed by atoms with E-state index in [9.17, 15) is 0 Å². The molecule has 0 spiro atoms. The van der Waals surface area contributed by atoms with Gasteiger partial charge in [-0.1, -0.05) is 48.0 Å². The number of nitrogens with one attached hydrogen (secondary N) is 1. The van der Waals surface area contributed by atoms with Crippen LogP contribution in [0.25, 0.3) is 0 Å². The van der Waals surface area contributed by atoms with Gasteiger partial charge in [0.2, 0.25) is 0 Å². The monoisotopic (exact) mass is 285 g/mol. The standard InChI is InChI=1S/C18H20ClN/c1-20-18(10-13-6-8-17(19)9-7-13)16-11-14-4-2-3-5-15(14)12-16/h2-9,16,18,20H,10-12H2,1H3. The van der Waals surface area contributed by atoms with E-state index in [1.165, 1.54) is 29.5 Å². The molecular formula is C18H20ClN. The lowest BCUT2D eigenvalue weighted by atomic mass is 9.91. The molecule has 1 atom stereocenters. The van der Waals surface area contributed by atoms with Crippen LogP contribution in [0, 0.1) is 5.92 Å². The predicted octanol–water partition coefficient (Wildman–Crippen LogP) is 3.89. The number of rotatable bonds is 4. The van der Waals surface area contributed by atoms with Gasteiger partial charge in [-0.25, -0.2) is 0 Å². The molecule has 2 aromatic carbocycles. The Morgan fingerprint density at radius 3 is 2.20 bits per heavy atom. The van der Waals surface area contributed by atoms with E-state index < -0.39 is 0 Å². The van der Waals surface area contributed by atoms with Crippen molar-refractivity contribution < 1.29 is 0 Å². The first-order valence-electron chi connectivity index (χ1n) is 7.25. The maximum atomic E-state index is 5.95. The van der Waals surface area contributed by atoms with Gasteiger partial charge in [0, 0.05) is 11.1 Å². The number of benzene rings is 2. The summed E-state index contributed by atoms with van der Waals surface area (Å²) in [7, 11) is 2.07. The molecule has 20 heavy (non-hydrogen) atoms. The van der Waals surface area contributed by atoms with Crippen LogP contribution in [-0.4, -0.2) is 13.1 Å². The minimum absolute atomic E-state index is 0.517. The van der Waals surface area contributed by atoms with E-state index in [-0.39, 0.29) is 0 Å². The lowest BCUT2D eigenvalue weighted by Crippen LogP contribution is -2.36. The van der Waals surface area contributed by atoms with Crippen LogP contribution in [0.4, 0.5) is 0 Å². The van der Waals surface area contributed by atoms with E-state index in [0.717, 1.165) is 11.4 Å². The lowest BCUT2D eigenvalue weighted by molar-refractivity contribution is 0.383. The Bertz CT molecular complexity index is 551. The van der Waals surface area contributed by atoms with Crippen LogP contribution in [0.2, 0.25) is 5.02 Å². The fraction of sp³-hybridized carbons (Fsp3) is 0.333. The third kappa shape index (κ3) is 2.89. The number of hydrogen-bond donors (Lipinski definition) is 1. The van der Waals surface area contributed by atoms with Crippen molar-refractivity contribution in [2.75, 3.05) is 7.05 Å². The SMILES string of the molecule is CNC(Cc1ccc(Cl)cc1)C1Cc2ccccc2C1. The second-order valence-corrected chi connectivity index (χ2v) is 6.10. The average Bonchev–Trinajstić information content (AvgIpc) is 2.90. The van der Waals surface area contributed by atoms with Crippen molar-refractivity contribution in [1.29, 1.82) is 0 Å². The highest BCUT2D eigenvalue weighted by Gasteiger charge is 2.27. The van der Waals surface area contributed by atoms with E-state index >= 15 is 0 Å². The summed E-state index contributed by atoms with van der Waals surface area (Å²) in [5.74, 6) is 0.688. The van der Waals surface area contributed by atoms with Crippen LogP contribution < -0.4 is 5.32 Å². The second kappa shape index (κ2) is 5.99. The second-order valence-electron chi connectivity index (χ2n) is 5.66. The molecule has 0 amide bonds. The van der Waals surface area contributed by atoms with Gasteiger partial charge in [0.15, 0.2) is 0 Å². The highest BCUT2D eigenvalue weighted by Crippen LogP contribution is 2.29. The molecule has 0 bridgehead atoms. The molecule has 0 aliphatic heterocycles. The number of likely N-dealkylation sites (N-methyl/N-ethyl adjacent to an activating group) is 1. The van der Waals surface area contributed by atoms with Crippen LogP contribution in [0.1, 0.15) is 16.7 Å². The Hall–Kier alpha value is -1.31. The number of fused-ring (bicyclic) bond motifs is 1. The van der Waals surface area contributed by atoms with Gasteiger partial charge >= 0.3 is 0 Å². The van der Waals surface area contributed by atoms with Crippen molar-refractivity contribution >= 4 is 11.6 Å². The summed E-state index contributed by atoms with van der Waals surface area (Å²) in [4.78, 5) is 0. The van der Waals surface area contributed by atoms with Gasteiger partial charge in [-0.05, 0) is 61.1 Å². The summed E-state index contributed by atoms with van der Waals surface area (Å²) in [5, 5.41) is 4.32. The summed E-state index contributed by atoms with van der Waals surface area (Å²) in [6.07, 6.45) is 3.44. The zero-order valence-corrected chi connectivity index (χ0v) is 12.5. The fourth-order valence-corrected chi connectivity index (χ4v) is 3.38. The first-order valence-corrected chi connectivity index (χ1v) is 7.62. The molecule has 0 heterocycles. The van der Waals surface area contributed by atoms with E-state index in [4.69, 9.17) is 11.6 Å². The van der Waals surface area contributed by atoms with Crippen molar-refractivity contribution in [3.05, 3.63) is 70.2 Å². The largest absolute Gasteiger partial charge is 0.316 e. The molecule has 1 nitrogen and oxygen atoms in total. The van der Waals surface area contributed by atoms with Gasteiger partial charge in [0.1, 0.15) is 0 Å². The highest BCUT2D eigenvalue weighted by molar-refractivity contribution is 6.30. The molecule has 0 saturated heterocycles. The van der Waals surface area contributed by atoms with Gasteiger partial charge in [-0.2, -0.15) is 0 Å². The van der Waals surface area contributed by atoms with Gasteiger partial charge in [0.05, 0.1) is 0 Å². The lowest BCUT2D eigenvalue weighted by Gasteiger charge is -2.23. The van der Waals surface area contributed by atoms with Crippen LogP contribution >= 0.6 is 11.6 Å². The van der Waals surface area contributed by atoms with Gasteiger partial charge in [-0.3, -0.25) is 0 Å². The molecular weight excluding hydrogens is 266 g/mol. The van der Waals surface area contributed by atoms with Crippen molar-refractivity contribution in [3.63, 3.8) is 0 Å². The molecule has 2 heteroatoms. The molecule has 1 N–H and O–H groups in total. The molecule has 0 aromatic heterocycles. The van der Waals surface area contributed by atoms with Gasteiger partial charge in [-0.15, -0.1) is 0 Å². The van der Waals surface area contributed by atoms with E-state index in [1.54, 1.807) is 0 Å². The molecule has 1 aliphatic carbocycles. The summed E-state index contributed by atoms with van der Waals surface area (Å²) >= 11 is 5.95. The van der Waals surface area contributed by atoms with Crippen molar-refractivity contribution in [1.82, 2.24) is 5.32 Å². The fourth-order valence-electron chi connectivity index (χ4n) is 3.26. The molecule has 0 radical (unpaired) electrons. The Labute approximate surface area is 126 Å². The van der Waals surface area contributed by atoms with E-state index in [2.05, 4.69) is 48.8 Å². The highest BCUT2D eigenvalue weighted by atomic mass is 35.5. The Morgan fingerprint density at radius 1 is 1.05 bits per heavy atom. The molecule has 1 aliphatic rings. The van der Waals surface area contributed by atoms with Crippen molar-refractivity contribution in [2.45, 2.75) is 25.3 Å². The summed E-state index contributed by atoms with van der Waals surface area (Å²) < 4.78 is 0. The summed E-state index contributed by atoms with van der Waals surface area (Å²) in [6.45, 7) is 0. The van der Waals surface area contributed by atoms with E-state index in [1.807, 2.05) is 12.1 Å². The normalized spacial score (nSPS) is 16.1. The predicted molar refractivity (Wildman–Crippen MR) is 85.3 cm³/mol. The zero-order valence-electron chi connectivity index (χ0n) is 11.8. The maximum absolute atomic E-state index is 5.95. The first kappa shape index (κ1) is 13.7. The molecule has 104 valence electrons. The zero-order chi connectivity index (χ0) is 13.9. The maximum Gasteiger partial charge on any atom is 0.0406 e. The van der Waals surface area contributed by atoms with Gasteiger partial charge < -0.3 is 5.32 Å². The molecule has 1 unspecified atom stereocenters. The van der Waals surface area contributed by atoms with Crippen LogP contribution in [-0.2, 0) is 19.3 Å². The Balaban J connectivity index is 1.71. The quantitative estimate of drug-likeness (QED) is 0.899. The number of halogens is 1. The van der Waals surface area contributed by atoms with E-state index in [0.29, 0.717) is 12.0 Å². The minimum atomic E-state index is 0.517. The Kier molecular flexibility index (Phi) is 4.09. The molecule has 0 fully saturated rings.